The second-order valence-corrected chi connectivity index (χ2v) is 6.91. The lowest BCUT2D eigenvalue weighted by atomic mass is 9.85. The molecule has 0 aromatic heterocycles. The third-order valence-electron chi connectivity index (χ3n) is 4.78. The van der Waals surface area contributed by atoms with Crippen LogP contribution in [0.3, 0.4) is 0 Å². The summed E-state index contributed by atoms with van der Waals surface area (Å²) in [6, 6.07) is 7.19. The molecule has 0 heterocycles. The Morgan fingerprint density at radius 3 is 2.72 bits per heavy atom. The smallest absolute Gasteiger partial charge is 0.319 e. The molecule has 2 aliphatic rings. The van der Waals surface area contributed by atoms with Crippen LogP contribution < -0.4 is 10.6 Å². The maximum Gasteiger partial charge on any atom is 0.319 e. The number of anilines is 1. The molecule has 0 aliphatic heterocycles. The molecule has 3 N–H and O–H groups in total. The molecule has 0 bridgehead atoms. The van der Waals surface area contributed by atoms with Gasteiger partial charge in [0.25, 0.3) is 0 Å². The standard InChI is InChI=1S/C19H23N3O3/c1-2-13-4-3-5-15(8-13)20-19(25)21-16-9-17(10-16)22(12-18(23)24)11-14-6-7-14/h1,3-5,8,14,16-17H,6-7,9-12H2,(H,23,24)(H2,20,21,25). The second kappa shape index (κ2) is 7.58. The first-order valence-corrected chi connectivity index (χ1v) is 8.63. The molecule has 2 amide bonds. The van der Waals surface area contributed by atoms with Gasteiger partial charge in [-0.3, -0.25) is 9.69 Å². The Hall–Kier alpha value is -2.52. The van der Waals surface area contributed by atoms with Crippen molar-refractivity contribution in [3.05, 3.63) is 29.8 Å². The molecule has 0 atom stereocenters. The number of amides is 2. The molecule has 0 unspecified atom stereocenters. The Balaban J connectivity index is 1.44. The number of nitrogens with one attached hydrogen (secondary N) is 2. The Bertz CT molecular complexity index is 687. The number of benzene rings is 1. The first-order valence-electron chi connectivity index (χ1n) is 8.63. The number of aliphatic carboxylic acids is 1. The fraction of sp³-hybridized carbons (Fsp3) is 0.474. The number of urea groups is 1. The fourth-order valence-corrected chi connectivity index (χ4v) is 3.19. The molecule has 2 fully saturated rings. The molecule has 132 valence electrons. The van der Waals surface area contributed by atoms with Crippen molar-refractivity contribution in [2.45, 2.75) is 37.8 Å². The van der Waals surface area contributed by atoms with Crippen LogP contribution in [0.5, 0.6) is 0 Å². The lowest BCUT2D eigenvalue weighted by Crippen LogP contribution is -2.55. The van der Waals surface area contributed by atoms with Gasteiger partial charge in [0.05, 0.1) is 6.54 Å². The summed E-state index contributed by atoms with van der Waals surface area (Å²) in [5.74, 6) is 2.40. The summed E-state index contributed by atoms with van der Waals surface area (Å²) in [6.45, 7) is 0.938. The summed E-state index contributed by atoms with van der Waals surface area (Å²) in [5.41, 5.74) is 1.37. The van der Waals surface area contributed by atoms with Gasteiger partial charge >= 0.3 is 12.0 Å². The number of carbonyl (C=O) groups excluding carboxylic acids is 1. The molecule has 1 aromatic rings. The van der Waals surface area contributed by atoms with Crippen LogP contribution in [0.1, 0.15) is 31.2 Å². The lowest BCUT2D eigenvalue weighted by Gasteiger charge is -2.42. The van der Waals surface area contributed by atoms with Gasteiger partial charge in [-0.25, -0.2) is 4.79 Å². The fourth-order valence-electron chi connectivity index (χ4n) is 3.19. The van der Waals surface area contributed by atoms with Gasteiger partial charge in [-0.05, 0) is 49.8 Å². The second-order valence-electron chi connectivity index (χ2n) is 6.91. The van der Waals surface area contributed by atoms with E-state index < -0.39 is 5.97 Å². The van der Waals surface area contributed by atoms with Gasteiger partial charge < -0.3 is 15.7 Å². The molecule has 6 heteroatoms. The van der Waals surface area contributed by atoms with Crippen LogP contribution in [0.25, 0.3) is 0 Å². The highest BCUT2D eigenvalue weighted by Gasteiger charge is 2.37. The van der Waals surface area contributed by atoms with E-state index in [1.54, 1.807) is 24.3 Å². The van der Waals surface area contributed by atoms with Gasteiger partial charge in [0.2, 0.25) is 0 Å². The monoisotopic (exact) mass is 341 g/mol. The molecule has 0 radical (unpaired) electrons. The molecule has 6 nitrogen and oxygen atoms in total. The Kier molecular flexibility index (Phi) is 5.25. The van der Waals surface area contributed by atoms with E-state index in [4.69, 9.17) is 11.5 Å². The molecule has 2 aliphatic carbocycles. The van der Waals surface area contributed by atoms with Gasteiger partial charge in [-0.2, -0.15) is 0 Å². The van der Waals surface area contributed by atoms with Gasteiger partial charge in [-0.1, -0.05) is 12.0 Å². The summed E-state index contributed by atoms with van der Waals surface area (Å²) >= 11 is 0. The van der Waals surface area contributed by atoms with Crippen molar-refractivity contribution in [1.82, 2.24) is 10.2 Å². The number of nitrogens with zero attached hydrogens (tertiary/aromatic N) is 1. The Morgan fingerprint density at radius 1 is 1.32 bits per heavy atom. The van der Waals surface area contributed by atoms with E-state index in [-0.39, 0.29) is 24.7 Å². The Morgan fingerprint density at radius 2 is 2.08 bits per heavy atom. The van der Waals surface area contributed by atoms with Gasteiger partial charge in [0.1, 0.15) is 0 Å². The number of rotatable bonds is 7. The van der Waals surface area contributed by atoms with E-state index in [0.29, 0.717) is 17.2 Å². The molecule has 1 aromatic carbocycles. The van der Waals surface area contributed by atoms with Gasteiger partial charge in [-0.15, -0.1) is 6.42 Å². The van der Waals surface area contributed by atoms with Crippen molar-refractivity contribution >= 4 is 17.7 Å². The highest BCUT2D eigenvalue weighted by Crippen LogP contribution is 2.33. The number of hydrogen-bond donors (Lipinski definition) is 3. The number of terminal acetylenes is 1. The van der Waals surface area contributed by atoms with Crippen LogP contribution in [-0.2, 0) is 4.79 Å². The van der Waals surface area contributed by atoms with Crippen LogP contribution in [0.2, 0.25) is 0 Å². The maximum atomic E-state index is 12.1. The van der Waals surface area contributed by atoms with Crippen molar-refractivity contribution < 1.29 is 14.7 Å². The zero-order valence-corrected chi connectivity index (χ0v) is 14.1. The topological polar surface area (TPSA) is 81.7 Å². The average molecular weight is 341 g/mol. The Labute approximate surface area is 147 Å². The lowest BCUT2D eigenvalue weighted by molar-refractivity contribution is -0.139. The summed E-state index contributed by atoms with van der Waals surface area (Å²) < 4.78 is 0. The van der Waals surface area contributed by atoms with Crippen LogP contribution in [0.4, 0.5) is 10.5 Å². The molecule has 2 saturated carbocycles. The predicted molar refractivity (Wildman–Crippen MR) is 95.3 cm³/mol. The van der Waals surface area contributed by atoms with Gasteiger partial charge in [0.15, 0.2) is 0 Å². The average Bonchev–Trinajstić information content (AvgIpc) is 3.33. The third kappa shape index (κ3) is 4.97. The van der Waals surface area contributed by atoms with E-state index >= 15 is 0 Å². The van der Waals surface area contributed by atoms with E-state index in [1.165, 1.54) is 12.8 Å². The number of carboxylic acids is 1. The van der Waals surface area contributed by atoms with E-state index in [0.717, 1.165) is 19.4 Å². The first-order chi connectivity index (χ1) is 12.0. The van der Waals surface area contributed by atoms with Crippen molar-refractivity contribution in [3.8, 4) is 12.3 Å². The van der Waals surface area contributed by atoms with Crippen molar-refractivity contribution in [1.29, 1.82) is 0 Å². The molecular weight excluding hydrogens is 318 g/mol. The SMILES string of the molecule is C#Cc1cccc(NC(=O)NC2CC(N(CC(=O)O)CC3CC3)C2)c1. The number of hydrogen-bond acceptors (Lipinski definition) is 3. The zero-order valence-electron chi connectivity index (χ0n) is 14.1. The minimum Gasteiger partial charge on any atom is -0.480 e. The molecule has 3 rings (SSSR count). The predicted octanol–water partition coefficient (Wildman–Crippen LogP) is 2.12. The molecule has 25 heavy (non-hydrogen) atoms. The number of carboxylic acid groups (broad SMARTS) is 1. The largest absolute Gasteiger partial charge is 0.480 e. The minimum atomic E-state index is -0.789. The highest BCUT2D eigenvalue weighted by atomic mass is 16.4. The molecule has 0 saturated heterocycles. The normalized spacial score (nSPS) is 21.9. The summed E-state index contributed by atoms with van der Waals surface area (Å²) in [5, 5.41) is 14.8. The zero-order chi connectivity index (χ0) is 17.8. The van der Waals surface area contributed by atoms with Crippen LogP contribution in [0.15, 0.2) is 24.3 Å². The quantitative estimate of drug-likeness (QED) is 0.664. The van der Waals surface area contributed by atoms with Crippen LogP contribution in [0, 0.1) is 18.3 Å². The first kappa shape index (κ1) is 17.3. The van der Waals surface area contributed by atoms with E-state index in [9.17, 15) is 9.59 Å². The van der Waals surface area contributed by atoms with E-state index in [1.807, 2.05) is 4.90 Å². The number of carbonyl (C=O) groups is 2. The van der Waals surface area contributed by atoms with E-state index in [2.05, 4.69) is 16.6 Å². The van der Waals surface area contributed by atoms with Gasteiger partial charge in [0, 0.05) is 29.9 Å². The van der Waals surface area contributed by atoms with Crippen molar-refractivity contribution in [2.24, 2.45) is 5.92 Å². The van der Waals surface area contributed by atoms with Crippen molar-refractivity contribution in [3.63, 3.8) is 0 Å². The highest BCUT2D eigenvalue weighted by molar-refractivity contribution is 5.89. The summed E-state index contributed by atoms with van der Waals surface area (Å²) in [7, 11) is 0. The summed E-state index contributed by atoms with van der Waals surface area (Å²) in [4.78, 5) is 25.2. The van der Waals surface area contributed by atoms with Crippen LogP contribution in [-0.4, -0.2) is 47.2 Å². The van der Waals surface area contributed by atoms with Crippen molar-refractivity contribution in [2.75, 3.05) is 18.4 Å². The maximum absolute atomic E-state index is 12.1. The molecule has 0 spiro atoms. The summed E-state index contributed by atoms with van der Waals surface area (Å²) in [6.07, 6.45) is 9.33. The third-order valence-corrected chi connectivity index (χ3v) is 4.78. The van der Waals surface area contributed by atoms with Crippen LogP contribution >= 0.6 is 0 Å². The minimum absolute atomic E-state index is 0.0799. The molecular formula is C19H23N3O3.